The third kappa shape index (κ3) is 6.09. The number of hydrogen-bond donors (Lipinski definition) is 1. The number of nitrogens with zero attached hydrogens (tertiary/aromatic N) is 2. The van der Waals surface area contributed by atoms with Crippen molar-refractivity contribution in [1.29, 1.82) is 0 Å². The van der Waals surface area contributed by atoms with Gasteiger partial charge in [0.05, 0.1) is 17.3 Å². The third-order valence-electron chi connectivity index (χ3n) is 4.67. The highest BCUT2D eigenvalue weighted by molar-refractivity contribution is 7.85. The van der Waals surface area contributed by atoms with E-state index in [1.165, 1.54) is 0 Å². The fourth-order valence-corrected chi connectivity index (χ4v) is 4.18. The highest BCUT2D eigenvalue weighted by atomic mass is 32.2. The van der Waals surface area contributed by atoms with Crippen molar-refractivity contribution < 1.29 is 8.95 Å². The lowest BCUT2D eigenvalue weighted by Crippen LogP contribution is -2.47. The van der Waals surface area contributed by atoms with Crippen molar-refractivity contribution in [2.75, 3.05) is 31.9 Å². The van der Waals surface area contributed by atoms with E-state index < -0.39 is 10.8 Å². The van der Waals surface area contributed by atoms with Gasteiger partial charge < -0.3 is 15.0 Å². The molecule has 3 rings (SSSR count). The lowest BCUT2D eigenvalue weighted by atomic mass is 10.1. The lowest BCUT2D eigenvalue weighted by molar-refractivity contribution is 0.129. The summed E-state index contributed by atoms with van der Waals surface area (Å²) in [5.41, 5.74) is 0. The van der Waals surface area contributed by atoms with Gasteiger partial charge in [-0.2, -0.15) is 0 Å². The first kappa shape index (κ1) is 20.4. The van der Waals surface area contributed by atoms with E-state index in [0.29, 0.717) is 12.3 Å². The smallest absolute Gasteiger partial charge is 0.193 e. The van der Waals surface area contributed by atoms with Crippen LogP contribution < -0.4 is 10.1 Å². The fraction of sp³-hybridized carbons (Fsp3) is 0.409. The number of piperidine rings is 1. The average Bonchev–Trinajstić information content (AvgIpc) is 2.75. The first-order chi connectivity index (χ1) is 13.8. The molecular formula is C22H29N3O2S. The normalized spacial score (nSPS) is 16.6. The predicted molar refractivity (Wildman–Crippen MR) is 115 cm³/mol. The molecule has 1 aliphatic heterocycles. The number of ether oxygens (including phenoxy) is 1. The van der Waals surface area contributed by atoms with Crippen molar-refractivity contribution in [3.05, 3.63) is 60.7 Å². The molecule has 1 unspecified atom stereocenters. The molecule has 150 valence electrons. The number of guanidine groups is 1. The van der Waals surface area contributed by atoms with Crippen molar-refractivity contribution in [3.8, 4) is 5.75 Å². The van der Waals surface area contributed by atoms with Gasteiger partial charge in [0.25, 0.3) is 0 Å². The van der Waals surface area contributed by atoms with Gasteiger partial charge in [0.1, 0.15) is 11.9 Å². The molecule has 28 heavy (non-hydrogen) atoms. The number of hydrogen-bond acceptors (Lipinski definition) is 3. The van der Waals surface area contributed by atoms with E-state index in [0.717, 1.165) is 49.1 Å². The fourth-order valence-electron chi connectivity index (χ4n) is 3.23. The molecule has 0 saturated carbocycles. The molecule has 6 heteroatoms. The van der Waals surface area contributed by atoms with E-state index in [2.05, 4.69) is 17.1 Å². The van der Waals surface area contributed by atoms with Gasteiger partial charge in [-0.3, -0.25) is 9.20 Å². The molecule has 0 radical (unpaired) electrons. The number of aliphatic imine (C=N–C) groups is 1. The van der Waals surface area contributed by atoms with E-state index in [4.69, 9.17) is 9.73 Å². The first-order valence-corrected chi connectivity index (χ1v) is 11.3. The number of rotatable bonds is 7. The summed E-state index contributed by atoms with van der Waals surface area (Å²) >= 11 is 0. The number of nitrogens with one attached hydrogen (secondary N) is 1. The Morgan fingerprint density at radius 1 is 1.11 bits per heavy atom. The lowest BCUT2D eigenvalue weighted by Gasteiger charge is -2.34. The van der Waals surface area contributed by atoms with Crippen LogP contribution in [0.25, 0.3) is 0 Å². The minimum absolute atomic E-state index is 0.243. The Kier molecular flexibility index (Phi) is 7.91. The maximum absolute atomic E-state index is 12.4. The molecule has 1 N–H and O–H groups in total. The molecule has 2 aromatic carbocycles. The summed E-state index contributed by atoms with van der Waals surface area (Å²) in [6.07, 6.45) is 2.18. The minimum Gasteiger partial charge on any atom is -0.490 e. The van der Waals surface area contributed by atoms with Crippen LogP contribution in [0.1, 0.15) is 19.8 Å². The van der Waals surface area contributed by atoms with Crippen molar-refractivity contribution in [2.45, 2.75) is 30.8 Å². The summed E-state index contributed by atoms with van der Waals surface area (Å²) in [6.45, 7) is 5.25. The zero-order valence-corrected chi connectivity index (χ0v) is 17.2. The Labute approximate surface area is 170 Å². The van der Waals surface area contributed by atoms with Crippen LogP contribution >= 0.6 is 0 Å². The van der Waals surface area contributed by atoms with Gasteiger partial charge in [-0.1, -0.05) is 36.4 Å². The van der Waals surface area contributed by atoms with Crippen molar-refractivity contribution in [1.82, 2.24) is 10.2 Å². The molecule has 0 aromatic heterocycles. The van der Waals surface area contributed by atoms with E-state index in [1.54, 1.807) is 0 Å². The average molecular weight is 400 g/mol. The van der Waals surface area contributed by atoms with Crippen LogP contribution in [0.5, 0.6) is 5.75 Å². The summed E-state index contributed by atoms with van der Waals surface area (Å²) in [5, 5.41) is 3.37. The largest absolute Gasteiger partial charge is 0.490 e. The van der Waals surface area contributed by atoms with Gasteiger partial charge >= 0.3 is 0 Å². The van der Waals surface area contributed by atoms with E-state index >= 15 is 0 Å². The molecule has 5 nitrogen and oxygen atoms in total. The maximum atomic E-state index is 12.4. The summed E-state index contributed by atoms with van der Waals surface area (Å²) in [6, 6.07) is 19.6. The van der Waals surface area contributed by atoms with Crippen LogP contribution in [0.4, 0.5) is 0 Å². The zero-order chi connectivity index (χ0) is 19.6. The Morgan fingerprint density at radius 3 is 2.39 bits per heavy atom. The molecule has 1 aliphatic rings. The van der Waals surface area contributed by atoms with Gasteiger partial charge in [-0.15, -0.1) is 0 Å². The third-order valence-corrected chi connectivity index (χ3v) is 6.02. The second-order valence-corrected chi connectivity index (χ2v) is 8.29. The molecular weight excluding hydrogens is 370 g/mol. The molecule has 1 atom stereocenters. The predicted octanol–water partition coefficient (Wildman–Crippen LogP) is 3.30. The summed E-state index contributed by atoms with van der Waals surface area (Å²) in [5.74, 6) is 2.38. The van der Waals surface area contributed by atoms with E-state index in [1.807, 2.05) is 60.7 Å². The van der Waals surface area contributed by atoms with Crippen molar-refractivity contribution >= 4 is 16.8 Å². The van der Waals surface area contributed by atoms with Crippen LogP contribution in [0.15, 0.2) is 70.6 Å². The second-order valence-electron chi connectivity index (χ2n) is 6.72. The van der Waals surface area contributed by atoms with Crippen LogP contribution in [-0.2, 0) is 10.8 Å². The standard InChI is InChI=1S/C22H29N3O2S/c1-2-23-22(24-15-18-28(26)21-11-7-4-8-12-21)25-16-13-20(14-17-25)27-19-9-5-3-6-10-19/h3-12,20H,2,13-18H2,1H3,(H,23,24). The summed E-state index contributed by atoms with van der Waals surface area (Å²) < 4.78 is 18.4. The van der Waals surface area contributed by atoms with Gasteiger partial charge in [-0.05, 0) is 31.2 Å². The molecule has 1 saturated heterocycles. The SMILES string of the molecule is CCNC(=NCCS(=O)c1ccccc1)N1CCC(Oc2ccccc2)CC1. The zero-order valence-electron chi connectivity index (χ0n) is 16.4. The Hall–Kier alpha value is -2.34. The number of likely N-dealkylation sites (tertiary alicyclic amines) is 1. The second kappa shape index (κ2) is 10.9. The minimum atomic E-state index is -1.01. The topological polar surface area (TPSA) is 53.9 Å². The Morgan fingerprint density at radius 2 is 1.75 bits per heavy atom. The summed E-state index contributed by atoms with van der Waals surface area (Å²) in [7, 11) is -1.01. The molecule has 1 fully saturated rings. The van der Waals surface area contributed by atoms with Crippen LogP contribution in [0.2, 0.25) is 0 Å². The summed E-state index contributed by atoms with van der Waals surface area (Å²) in [4.78, 5) is 7.85. The first-order valence-electron chi connectivity index (χ1n) is 9.94. The Bertz CT molecular complexity index is 760. The van der Waals surface area contributed by atoms with E-state index in [9.17, 15) is 4.21 Å². The van der Waals surface area contributed by atoms with Crippen LogP contribution in [-0.4, -0.2) is 53.1 Å². The molecule has 2 aromatic rings. The molecule has 0 spiro atoms. The molecule has 1 heterocycles. The highest BCUT2D eigenvalue weighted by Crippen LogP contribution is 2.18. The van der Waals surface area contributed by atoms with Gasteiger partial charge in [0, 0.05) is 43.1 Å². The van der Waals surface area contributed by atoms with Crippen LogP contribution in [0, 0.1) is 0 Å². The molecule has 0 amide bonds. The van der Waals surface area contributed by atoms with Crippen LogP contribution in [0.3, 0.4) is 0 Å². The van der Waals surface area contributed by atoms with Gasteiger partial charge in [0.2, 0.25) is 0 Å². The monoisotopic (exact) mass is 399 g/mol. The van der Waals surface area contributed by atoms with Crippen molar-refractivity contribution in [2.24, 2.45) is 4.99 Å². The van der Waals surface area contributed by atoms with Gasteiger partial charge in [0.15, 0.2) is 5.96 Å². The quantitative estimate of drug-likeness (QED) is 0.573. The Balaban J connectivity index is 1.50. The van der Waals surface area contributed by atoms with Gasteiger partial charge in [-0.25, -0.2) is 0 Å². The molecule has 0 aliphatic carbocycles. The van der Waals surface area contributed by atoms with E-state index in [-0.39, 0.29) is 6.10 Å². The highest BCUT2D eigenvalue weighted by Gasteiger charge is 2.22. The molecule has 0 bridgehead atoms. The van der Waals surface area contributed by atoms with Crippen molar-refractivity contribution in [3.63, 3.8) is 0 Å². The number of benzene rings is 2. The number of para-hydroxylation sites is 1. The maximum Gasteiger partial charge on any atom is 0.193 e.